The normalized spacial score (nSPS) is 10.8. The Bertz CT molecular complexity index is 1000. The Balaban J connectivity index is 1.70. The molecule has 0 saturated carbocycles. The molecule has 1 amide bonds. The molecule has 0 saturated heterocycles. The van der Waals surface area contributed by atoms with Gasteiger partial charge in [0, 0.05) is 49.0 Å². The van der Waals surface area contributed by atoms with Crippen LogP contribution in [0.2, 0.25) is 0 Å². The molecule has 1 N–H and O–H groups in total. The van der Waals surface area contributed by atoms with Crippen LogP contribution in [0.3, 0.4) is 0 Å². The molecular formula is C22H28N6O. The van der Waals surface area contributed by atoms with Gasteiger partial charge < -0.3 is 10.2 Å². The van der Waals surface area contributed by atoms with Crippen molar-refractivity contribution in [2.24, 2.45) is 0 Å². The van der Waals surface area contributed by atoms with E-state index in [2.05, 4.69) is 20.4 Å². The van der Waals surface area contributed by atoms with Gasteiger partial charge in [-0.1, -0.05) is 12.1 Å². The Morgan fingerprint density at radius 1 is 1.03 bits per heavy atom. The number of hydrogen-bond donors (Lipinski definition) is 1. The largest absolute Gasteiger partial charge is 0.378 e. The number of anilines is 1. The monoisotopic (exact) mass is 392 g/mol. The molecule has 7 heteroatoms. The van der Waals surface area contributed by atoms with E-state index >= 15 is 0 Å². The van der Waals surface area contributed by atoms with Crippen LogP contribution in [0.25, 0.3) is 5.95 Å². The minimum absolute atomic E-state index is 0.0335. The Kier molecular flexibility index (Phi) is 5.96. The maximum absolute atomic E-state index is 12.5. The molecular weight excluding hydrogens is 364 g/mol. The first kappa shape index (κ1) is 20.5. The molecule has 0 bridgehead atoms. The predicted molar refractivity (Wildman–Crippen MR) is 114 cm³/mol. The highest BCUT2D eigenvalue weighted by atomic mass is 16.1. The summed E-state index contributed by atoms with van der Waals surface area (Å²) in [5, 5.41) is 7.56. The standard InChI is InChI=1S/C22H28N6O/c1-14-11-15(2)25-22(24-14)28-17(4)20(16(3)26-28)12-21(29)23-13-18-7-9-19(10-8-18)27(5)6/h7-11H,12-13H2,1-6H3,(H,23,29). The molecule has 0 aliphatic carbocycles. The minimum atomic E-state index is -0.0335. The summed E-state index contributed by atoms with van der Waals surface area (Å²) >= 11 is 0. The lowest BCUT2D eigenvalue weighted by Gasteiger charge is -2.13. The molecule has 3 rings (SSSR count). The van der Waals surface area contributed by atoms with Gasteiger partial charge in [-0.25, -0.2) is 14.6 Å². The first-order valence-corrected chi connectivity index (χ1v) is 9.65. The molecule has 2 aromatic heterocycles. The fourth-order valence-corrected chi connectivity index (χ4v) is 3.26. The molecule has 0 aliphatic heterocycles. The zero-order valence-corrected chi connectivity index (χ0v) is 17.9. The molecule has 2 heterocycles. The average Bonchev–Trinajstić information content (AvgIpc) is 2.94. The third kappa shape index (κ3) is 4.80. The Morgan fingerprint density at radius 3 is 2.24 bits per heavy atom. The van der Waals surface area contributed by atoms with Gasteiger partial charge in [-0.15, -0.1) is 0 Å². The van der Waals surface area contributed by atoms with Crippen LogP contribution in [0.5, 0.6) is 0 Å². The van der Waals surface area contributed by atoms with Crippen molar-refractivity contribution >= 4 is 11.6 Å². The lowest BCUT2D eigenvalue weighted by Crippen LogP contribution is -2.25. The van der Waals surface area contributed by atoms with Crippen LogP contribution in [0, 0.1) is 27.7 Å². The molecule has 3 aromatic rings. The van der Waals surface area contributed by atoms with Gasteiger partial charge in [-0.05, 0) is 51.5 Å². The number of amides is 1. The second kappa shape index (κ2) is 8.43. The van der Waals surface area contributed by atoms with Gasteiger partial charge in [0.05, 0.1) is 12.1 Å². The van der Waals surface area contributed by atoms with E-state index < -0.39 is 0 Å². The summed E-state index contributed by atoms with van der Waals surface area (Å²) in [6.07, 6.45) is 0.276. The molecule has 152 valence electrons. The molecule has 0 radical (unpaired) electrons. The van der Waals surface area contributed by atoms with Gasteiger partial charge in [0.2, 0.25) is 5.91 Å². The van der Waals surface area contributed by atoms with E-state index in [1.807, 2.05) is 77.0 Å². The van der Waals surface area contributed by atoms with Crippen molar-refractivity contribution < 1.29 is 4.79 Å². The predicted octanol–water partition coefficient (Wildman–Crippen LogP) is 2.82. The van der Waals surface area contributed by atoms with Gasteiger partial charge >= 0.3 is 0 Å². The maximum atomic E-state index is 12.5. The van der Waals surface area contributed by atoms with E-state index in [9.17, 15) is 4.79 Å². The van der Waals surface area contributed by atoms with Crippen LogP contribution in [0.1, 0.15) is 33.9 Å². The van der Waals surface area contributed by atoms with E-state index in [4.69, 9.17) is 0 Å². The van der Waals surface area contributed by atoms with Gasteiger partial charge in [-0.3, -0.25) is 4.79 Å². The zero-order valence-electron chi connectivity index (χ0n) is 17.9. The van der Waals surface area contributed by atoms with Gasteiger partial charge in [-0.2, -0.15) is 5.10 Å². The number of hydrogen-bond acceptors (Lipinski definition) is 5. The van der Waals surface area contributed by atoms with Crippen LogP contribution >= 0.6 is 0 Å². The molecule has 0 spiro atoms. The van der Waals surface area contributed by atoms with Crippen molar-refractivity contribution in [1.29, 1.82) is 0 Å². The van der Waals surface area contributed by atoms with E-state index in [1.165, 1.54) is 0 Å². The average molecular weight is 393 g/mol. The quantitative estimate of drug-likeness (QED) is 0.698. The fraction of sp³-hybridized carbons (Fsp3) is 0.364. The minimum Gasteiger partial charge on any atom is -0.378 e. The third-order valence-electron chi connectivity index (χ3n) is 4.88. The van der Waals surface area contributed by atoms with E-state index in [1.54, 1.807) is 4.68 Å². The number of carbonyl (C=O) groups is 1. The summed E-state index contributed by atoms with van der Waals surface area (Å²) in [5.41, 5.74) is 6.59. The highest BCUT2D eigenvalue weighted by Crippen LogP contribution is 2.17. The van der Waals surface area contributed by atoms with Crippen molar-refractivity contribution in [3.05, 3.63) is 64.2 Å². The lowest BCUT2D eigenvalue weighted by molar-refractivity contribution is -0.120. The van der Waals surface area contributed by atoms with Crippen molar-refractivity contribution in [3.63, 3.8) is 0 Å². The number of nitrogens with zero attached hydrogens (tertiary/aromatic N) is 5. The molecule has 7 nitrogen and oxygen atoms in total. The van der Waals surface area contributed by atoms with Gasteiger partial charge in [0.25, 0.3) is 5.95 Å². The molecule has 29 heavy (non-hydrogen) atoms. The fourth-order valence-electron chi connectivity index (χ4n) is 3.26. The molecule has 0 fully saturated rings. The van der Waals surface area contributed by atoms with Crippen LogP contribution in [-0.2, 0) is 17.8 Å². The summed E-state index contributed by atoms with van der Waals surface area (Å²) in [4.78, 5) is 23.5. The number of rotatable bonds is 6. The van der Waals surface area contributed by atoms with Crippen molar-refractivity contribution in [2.45, 2.75) is 40.7 Å². The molecule has 0 unspecified atom stereocenters. The number of nitrogens with one attached hydrogen (secondary N) is 1. The van der Waals surface area contributed by atoms with Gasteiger partial charge in [0.1, 0.15) is 0 Å². The summed E-state index contributed by atoms with van der Waals surface area (Å²) in [6.45, 7) is 8.23. The van der Waals surface area contributed by atoms with Crippen LogP contribution in [-0.4, -0.2) is 39.8 Å². The van der Waals surface area contributed by atoms with Crippen molar-refractivity contribution in [2.75, 3.05) is 19.0 Å². The van der Waals surface area contributed by atoms with E-state index in [-0.39, 0.29) is 12.3 Å². The second-order valence-electron chi connectivity index (χ2n) is 7.53. The lowest BCUT2D eigenvalue weighted by atomic mass is 10.1. The topological polar surface area (TPSA) is 75.9 Å². The highest BCUT2D eigenvalue weighted by Gasteiger charge is 2.17. The summed E-state index contributed by atoms with van der Waals surface area (Å²) in [5.74, 6) is 0.504. The number of carbonyl (C=O) groups excluding carboxylic acids is 1. The van der Waals surface area contributed by atoms with Crippen LogP contribution < -0.4 is 10.2 Å². The Morgan fingerprint density at radius 2 is 1.66 bits per heavy atom. The zero-order chi connectivity index (χ0) is 21.1. The van der Waals surface area contributed by atoms with Gasteiger partial charge in [0.15, 0.2) is 0 Å². The number of aryl methyl sites for hydroxylation is 3. The highest BCUT2D eigenvalue weighted by molar-refractivity contribution is 5.79. The summed E-state index contributed by atoms with van der Waals surface area (Å²) < 4.78 is 1.72. The summed E-state index contributed by atoms with van der Waals surface area (Å²) in [6, 6.07) is 10.1. The molecule has 1 aromatic carbocycles. The van der Waals surface area contributed by atoms with Crippen molar-refractivity contribution in [1.82, 2.24) is 25.1 Å². The van der Waals surface area contributed by atoms with E-state index in [0.717, 1.165) is 39.6 Å². The first-order chi connectivity index (χ1) is 13.7. The smallest absolute Gasteiger partial charge is 0.251 e. The molecule has 0 atom stereocenters. The van der Waals surface area contributed by atoms with Crippen molar-refractivity contribution in [3.8, 4) is 5.95 Å². The summed E-state index contributed by atoms with van der Waals surface area (Å²) in [7, 11) is 4.01. The van der Waals surface area contributed by atoms with Crippen LogP contribution in [0.15, 0.2) is 30.3 Å². The number of aromatic nitrogens is 4. The van der Waals surface area contributed by atoms with E-state index in [0.29, 0.717) is 12.5 Å². The van der Waals surface area contributed by atoms with Crippen LogP contribution in [0.4, 0.5) is 5.69 Å². The molecule has 0 aliphatic rings. The first-order valence-electron chi connectivity index (χ1n) is 9.65. The number of benzene rings is 1. The Hall–Kier alpha value is -3.22. The SMILES string of the molecule is Cc1cc(C)nc(-n2nc(C)c(CC(=O)NCc3ccc(N(C)C)cc3)c2C)n1. The maximum Gasteiger partial charge on any atom is 0.251 e. The second-order valence-corrected chi connectivity index (χ2v) is 7.53. The Labute approximate surface area is 171 Å². The third-order valence-corrected chi connectivity index (χ3v) is 4.88.